The molecule has 0 unspecified atom stereocenters. The molecule has 0 aromatic carbocycles. The van der Waals surface area contributed by atoms with Gasteiger partial charge in [0.25, 0.3) is 5.15 Å². The number of amidine groups is 1. The van der Waals surface area contributed by atoms with Crippen LogP contribution in [0.15, 0.2) is 23.5 Å². The van der Waals surface area contributed by atoms with Gasteiger partial charge in [-0.1, -0.05) is 5.16 Å². The van der Waals surface area contributed by atoms with Crippen LogP contribution in [0.1, 0.15) is 5.56 Å². The SMILES string of the molecule is NC(=NO)c1cc[n+]([O-])c(Cl)c1. The van der Waals surface area contributed by atoms with Crippen molar-refractivity contribution in [3.63, 3.8) is 0 Å². The average Bonchev–Trinajstić information content (AvgIpc) is 2.08. The lowest BCUT2D eigenvalue weighted by Gasteiger charge is -2.00. The van der Waals surface area contributed by atoms with Crippen molar-refractivity contribution in [1.82, 2.24) is 0 Å². The Hall–Kier alpha value is -1.49. The molecule has 0 radical (unpaired) electrons. The first-order valence-electron chi connectivity index (χ1n) is 3.02. The second-order valence-electron chi connectivity index (χ2n) is 2.05. The number of rotatable bonds is 1. The van der Waals surface area contributed by atoms with E-state index in [2.05, 4.69) is 5.16 Å². The maximum atomic E-state index is 10.7. The Balaban J connectivity index is 3.13. The number of nitrogens with two attached hydrogens (primary N) is 1. The minimum absolute atomic E-state index is 0.0286. The van der Waals surface area contributed by atoms with E-state index >= 15 is 0 Å². The van der Waals surface area contributed by atoms with Gasteiger partial charge in [-0.15, -0.1) is 0 Å². The van der Waals surface area contributed by atoms with Gasteiger partial charge in [-0.05, 0) is 11.6 Å². The number of pyridine rings is 1. The molecule has 0 aliphatic carbocycles. The smallest absolute Gasteiger partial charge is 0.286 e. The minimum Gasteiger partial charge on any atom is -0.618 e. The summed E-state index contributed by atoms with van der Waals surface area (Å²) in [4.78, 5) is 0. The molecule has 64 valence electrons. The Morgan fingerprint density at radius 2 is 2.42 bits per heavy atom. The summed E-state index contributed by atoms with van der Waals surface area (Å²) in [5.74, 6) is -0.0856. The number of oxime groups is 1. The summed E-state index contributed by atoms with van der Waals surface area (Å²) < 4.78 is 0.468. The molecule has 0 atom stereocenters. The predicted octanol–water partition coefficient (Wildman–Crippen LogP) is 0.0679. The van der Waals surface area contributed by atoms with Gasteiger partial charge >= 0.3 is 0 Å². The summed E-state index contributed by atoms with van der Waals surface area (Å²) >= 11 is 5.47. The normalized spacial score (nSPS) is 11.6. The van der Waals surface area contributed by atoms with E-state index in [-0.39, 0.29) is 11.0 Å². The fraction of sp³-hybridized carbons (Fsp3) is 0. The van der Waals surface area contributed by atoms with E-state index in [1.165, 1.54) is 18.3 Å². The Kier molecular flexibility index (Phi) is 2.35. The Morgan fingerprint density at radius 3 is 2.92 bits per heavy atom. The first-order valence-corrected chi connectivity index (χ1v) is 3.39. The van der Waals surface area contributed by atoms with E-state index in [0.29, 0.717) is 10.3 Å². The molecule has 0 bridgehead atoms. The highest BCUT2D eigenvalue weighted by Crippen LogP contribution is 2.04. The maximum absolute atomic E-state index is 10.7. The number of halogens is 1. The Morgan fingerprint density at radius 1 is 1.75 bits per heavy atom. The maximum Gasteiger partial charge on any atom is 0.286 e. The molecule has 12 heavy (non-hydrogen) atoms. The van der Waals surface area contributed by atoms with Crippen molar-refractivity contribution in [2.24, 2.45) is 10.9 Å². The van der Waals surface area contributed by atoms with E-state index in [9.17, 15) is 5.21 Å². The molecular formula is C6H6ClN3O2. The highest BCUT2D eigenvalue weighted by atomic mass is 35.5. The molecule has 1 aromatic heterocycles. The minimum atomic E-state index is -0.0856. The zero-order valence-corrected chi connectivity index (χ0v) is 6.69. The molecule has 0 fully saturated rings. The molecule has 5 nitrogen and oxygen atoms in total. The second kappa shape index (κ2) is 3.27. The summed E-state index contributed by atoms with van der Waals surface area (Å²) in [6, 6.07) is 2.71. The molecule has 0 saturated heterocycles. The molecule has 1 rings (SSSR count). The molecule has 0 amide bonds. The van der Waals surface area contributed by atoms with Crippen LogP contribution in [0.4, 0.5) is 0 Å². The van der Waals surface area contributed by atoms with Gasteiger partial charge in [-0.2, -0.15) is 4.73 Å². The standard InChI is InChI=1S/C6H6ClN3O2/c7-5-3-4(6(8)9-11)1-2-10(5)12/h1-3,11H,(H2,8,9). The topological polar surface area (TPSA) is 85.5 Å². The van der Waals surface area contributed by atoms with Gasteiger partial charge in [-0.3, -0.25) is 0 Å². The number of hydrogen-bond acceptors (Lipinski definition) is 3. The number of nitrogens with zero attached hydrogens (tertiary/aromatic N) is 2. The van der Waals surface area contributed by atoms with Crippen LogP contribution in [-0.2, 0) is 0 Å². The Bertz CT molecular complexity index is 327. The van der Waals surface area contributed by atoms with Crippen molar-refractivity contribution < 1.29 is 9.94 Å². The lowest BCUT2D eigenvalue weighted by molar-refractivity contribution is -0.603. The molecule has 0 aliphatic rings. The van der Waals surface area contributed by atoms with Gasteiger partial charge in [0.1, 0.15) is 0 Å². The lowest BCUT2D eigenvalue weighted by Crippen LogP contribution is -2.28. The number of hydrogen-bond donors (Lipinski definition) is 2. The van der Waals surface area contributed by atoms with E-state index in [1.54, 1.807) is 0 Å². The first kappa shape index (κ1) is 8.61. The van der Waals surface area contributed by atoms with Crippen LogP contribution in [-0.4, -0.2) is 11.0 Å². The second-order valence-corrected chi connectivity index (χ2v) is 2.44. The first-order chi connectivity index (χ1) is 5.65. The van der Waals surface area contributed by atoms with Crippen molar-refractivity contribution in [3.05, 3.63) is 34.3 Å². The molecule has 3 N–H and O–H groups in total. The van der Waals surface area contributed by atoms with E-state index in [4.69, 9.17) is 22.5 Å². The molecule has 1 aromatic rings. The largest absolute Gasteiger partial charge is 0.618 e. The third-order valence-corrected chi connectivity index (χ3v) is 1.55. The van der Waals surface area contributed by atoms with Crippen LogP contribution >= 0.6 is 11.6 Å². The summed E-state index contributed by atoms with van der Waals surface area (Å²) in [7, 11) is 0. The van der Waals surface area contributed by atoms with E-state index in [0.717, 1.165) is 0 Å². The van der Waals surface area contributed by atoms with Gasteiger partial charge in [-0.25, -0.2) is 0 Å². The van der Waals surface area contributed by atoms with E-state index < -0.39 is 0 Å². The Labute approximate surface area is 73.3 Å². The molecule has 0 aliphatic heterocycles. The third-order valence-electron chi connectivity index (χ3n) is 1.28. The quantitative estimate of drug-likeness (QED) is 0.124. The van der Waals surface area contributed by atoms with Crippen LogP contribution in [0.3, 0.4) is 0 Å². The van der Waals surface area contributed by atoms with Crippen molar-refractivity contribution in [2.75, 3.05) is 0 Å². The monoisotopic (exact) mass is 187 g/mol. The van der Waals surface area contributed by atoms with Crippen molar-refractivity contribution >= 4 is 17.4 Å². The van der Waals surface area contributed by atoms with E-state index in [1.807, 2.05) is 0 Å². The lowest BCUT2D eigenvalue weighted by atomic mass is 10.2. The van der Waals surface area contributed by atoms with Crippen LogP contribution in [0.2, 0.25) is 5.15 Å². The molecule has 0 saturated carbocycles. The van der Waals surface area contributed by atoms with Gasteiger partial charge in [0.15, 0.2) is 12.0 Å². The predicted molar refractivity (Wildman–Crippen MR) is 42.9 cm³/mol. The molecule has 0 spiro atoms. The average molecular weight is 188 g/mol. The van der Waals surface area contributed by atoms with Gasteiger partial charge in [0, 0.05) is 17.7 Å². The summed E-state index contributed by atoms with van der Waals surface area (Å²) in [6.07, 6.45) is 1.18. The highest BCUT2D eigenvalue weighted by molar-refractivity contribution is 6.28. The van der Waals surface area contributed by atoms with Crippen LogP contribution in [0.25, 0.3) is 0 Å². The van der Waals surface area contributed by atoms with Crippen molar-refractivity contribution in [3.8, 4) is 0 Å². The van der Waals surface area contributed by atoms with Crippen LogP contribution < -0.4 is 10.5 Å². The van der Waals surface area contributed by atoms with Crippen LogP contribution in [0, 0.1) is 5.21 Å². The fourth-order valence-corrected chi connectivity index (χ4v) is 0.850. The summed E-state index contributed by atoms with van der Waals surface area (Å²) in [5, 5.41) is 21.7. The van der Waals surface area contributed by atoms with Gasteiger partial charge in [0.05, 0.1) is 0 Å². The van der Waals surface area contributed by atoms with Gasteiger partial charge < -0.3 is 16.1 Å². The van der Waals surface area contributed by atoms with Crippen LogP contribution in [0.5, 0.6) is 0 Å². The van der Waals surface area contributed by atoms with Crippen molar-refractivity contribution in [2.45, 2.75) is 0 Å². The summed E-state index contributed by atoms with van der Waals surface area (Å²) in [5.41, 5.74) is 5.64. The third kappa shape index (κ3) is 1.57. The zero-order valence-electron chi connectivity index (χ0n) is 5.94. The summed E-state index contributed by atoms with van der Waals surface area (Å²) in [6.45, 7) is 0. The molecule has 6 heteroatoms. The zero-order chi connectivity index (χ0) is 9.14. The number of aromatic nitrogens is 1. The van der Waals surface area contributed by atoms with Crippen molar-refractivity contribution in [1.29, 1.82) is 0 Å². The molecule has 1 heterocycles. The highest BCUT2D eigenvalue weighted by Gasteiger charge is 2.05. The molecular weight excluding hydrogens is 182 g/mol. The fourth-order valence-electron chi connectivity index (χ4n) is 0.676. The van der Waals surface area contributed by atoms with Gasteiger partial charge in [0.2, 0.25) is 0 Å².